The fraction of sp³-hybridized carbons (Fsp3) is 0.304. The number of fused-ring (bicyclic) bond motifs is 3. The highest BCUT2D eigenvalue weighted by atomic mass is 35.5. The van der Waals surface area contributed by atoms with Crippen LogP contribution in [0.1, 0.15) is 30.9 Å². The molecule has 0 amide bonds. The average molecular weight is 427 g/mol. The van der Waals surface area contributed by atoms with Crippen LogP contribution in [0.2, 0.25) is 5.02 Å². The second kappa shape index (κ2) is 8.13. The Morgan fingerprint density at radius 2 is 2.03 bits per heavy atom. The van der Waals surface area contributed by atoms with Crippen molar-refractivity contribution in [3.8, 4) is 5.75 Å². The standard InChI is InChI=1S/C23H23ClN2O4/c1-13(2)17-9-18(24)14(3)8-20(17)29-11-15(27)10-26-12-25-21-16-6-4-5-7-19(16)30-22(21)23(26)28/h4-9,12-13,15,27H,10-11H2,1-3H3. The lowest BCUT2D eigenvalue weighted by Crippen LogP contribution is -2.30. The van der Waals surface area contributed by atoms with Gasteiger partial charge in [-0.3, -0.25) is 9.36 Å². The number of benzene rings is 2. The van der Waals surface area contributed by atoms with E-state index in [-0.39, 0.29) is 30.2 Å². The summed E-state index contributed by atoms with van der Waals surface area (Å²) < 4.78 is 12.9. The molecule has 2 aromatic heterocycles. The van der Waals surface area contributed by atoms with Crippen LogP contribution in [0.15, 0.2) is 51.9 Å². The van der Waals surface area contributed by atoms with Gasteiger partial charge in [-0.25, -0.2) is 4.98 Å². The average Bonchev–Trinajstić information content (AvgIpc) is 3.10. The molecule has 0 saturated heterocycles. The third kappa shape index (κ3) is 3.80. The van der Waals surface area contributed by atoms with Crippen LogP contribution in [-0.4, -0.2) is 27.4 Å². The van der Waals surface area contributed by atoms with Crippen LogP contribution in [0.25, 0.3) is 22.1 Å². The Kier molecular flexibility index (Phi) is 5.54. The normalized spacial score (nSPS) is 12.7. The third-order valence-electron chi connectivity index (χ3n) is 5.10. The number of para-hydroxylation sites is 1. The van der Waals surface area contributed by atoms with Crippen LogP contribution in [0.5, 0.6) is 5.75 Å². The zero-order valence-corrected chi connectivity index (χ0v) is 17.8. The van der Waals surface area contributed by atoms with Gasteiger partial charge in [-0.05, 0) is 48.2 Å². The summed E-state index contributed by atoms with van der Waals surface area (Å²) in [7, 11) is 0. The van der Waals surface area contributed by atoms with E-state index in [1.807, 2.05) is 37.3 Å². The van der Waals surface area contributed by atoms with E-state index in [4.69, 9.17) is 20.8 Å². The van der Waals surface area contributed by atoms with Gasteiger partial charge in [0.05, 0.1) is 12.9 Å². The van der Waals surface area contributed by atoms with Crippen LogP contribution in [-0.2, 0) is 6.54 Å². The van der Waals surface area contributed by atoms with Crippen molar-refractivity contribution in [2.45, 2.75) is 39.3 Å². The molecule has 2 aromatic carbocycles. The summed E-state index contributed by atoms with van der Waals surface area (Å²) >= 11 is 6.24. The lowest BCUT2D eigenvalue weighted by molar-refractivity contribution is 0.0908. The maximum atomic E-state index is 12.8. The molecule has 0 radical (unpaired) electrons. The molecule has 7 heteroatoms. The molecule has 6 nitrogen and oxygen atoms in total. The Morgan fingerprint density at radius 1 is 1.27 bits per heavy atom. The number of aromatic nitrogens is 2. The summed E-state index contributed by atoms with van der Waals surface area (Å²) in [6.07, 6.45) is 0.532. The van der Waals surface area contributed by atoms with Crippen molar-refractivity contribution in [3.63, 3.8) is 0 Å². The minimum Gasteiger partial charge on any atom is -0.491 e. The van der Waals surface area contributed by atoms with E-state index in [1.165, 1.54) is 10.9 Å². The lowest BCUT2D eigenvalue weighted by atomic mass is 10.0. The second-order valence-corrected chi connectivity index (χ2v) is 8.14. The molecule has 0 aliphatic rings. The first-order valence-electron chi connectivity index (χ1n) is 9.82. The van der Waals surface area contributed by atoms with Gasteiger partial charge in [0.15, 0.2) is 0 Å². The zero-order chi connectivity index (χ0) is 21.4. The number of rotatable bonds is 6. The number of ether oxygens (including phenoxy) is 1. The molecular formula is C23H23ClN2O4. The van der Waals surface area contributed by atoms with E-state index in [1.54, 1.807) is 6.07 Å². The molecule has 4 rings (SSSR count). The maximum Gasteiger partial charge on any atom is 0.297 e. The first-order valence-corrected chi connectivity index (χ1v) is 10.2. The number of hydrogen-bond donors (Lipinski definition) is 1. The molecule has 2 heterocycles. The summed E-state index contributed by atoms with van der Waals surface area (Å²) in [5, 5.41) is 12.0. The summed E-state index contributed by atoms with van der Waals surface area (Å²) in [6.45, 7) is 6.09. The Morgan fingerprint density at radius 3 is 2.80 bits per heavy atom. The van der Waals surface area contributed by atoms with E-state index < -0.39 is 6.10 Å². The van der Waals surface area contributed by atoms with E-state index in [9.17, 15) is 9.90 Å². The molecule has 0 bridgehead atoms. The van der Waals surface area contributed by atoms with Crippen LogP contribution in [0.4, 0.5) is 0 Å². The summed E-state index contributed by atoms with van der Waals surface area (Å²) in [5.41, 5.74) is 2.86. The molecular weight excluding hydrogens is 404 g/mol. The number of aliphatic hydroxyl groups excluding tert-OH is 1. The SMILES string of the molecule is Cc1cc(OCC(O)Cn2cnc3c(oc4ccccc43)c2=O)c(C(C)C)cc1Cl. The van der Waals surface area contributed by atoms with Crippen molar-refractivity contribution < 1.29 is 14.3 Å². The molecule has 1 unspecified atom stereocenters. The van der Waals surface area contributed by atoms with Gasteiger partial charge in [0, 0.05) is 10.4 Å². The Hall–Kier alpha value is -2.83. The summed E-state index contributed by atoms with van der Waals surface area (Å²) in [5.74, 6) is 0.904. The summed E-state index contributed by atoms with van der Waals surface area (Å²) in [4.78, 5) is 17.2. The van der Waals surface area contributed by atoms with Gasteiger partial charge < -0.3 is 14.3 Å². The van der Waals surface area contributed by atoms with Crippen LogP contribution in [0, 0.1) is 6.92 Å². The number of aryl methyl sites for hydroxylation is 1. The number of nitrogens with zero attached hydrogens (tertiary/aromatic N) is 2. The van der Waals surface area contributed by atoms with Crippen molar-refractivity contribution in [1.82, 2.24) is 9.55 Å². The van der Waals surface area contributed by atoms with Gasteiger partial charge in [-0.2, -0.15) is 0 Å². The predicted molar refractivity (Wildman–Crippen MR) is 118 cm³/mol. The highest BCUT2D eigenvalue weighted by molar-refractivity contribution is 6.31. The van der Waals surface area contributed by atoms with Crippen molar-refractivity contribution in [2.75, 3.05) is 6.61 Å². The van der Waals surface area contributed by atoms with Crippen molar-refractivity contribution >= 4 is 33.7 Å². The molecule has 0 aliphatic carbocycles. The van der Waals surface area contributed by atoms with Gasteiger partial charge >= 0.3 is 0 Å². The number of furan rings is 1. The summed E-state index contributed by atoms with van der Waals surface area (Å²) in [6, 6.07) is 11.1. The highest BCUT2D eigenvalue weighted by Crippen LogP contribution is 2.32. The van der Waals surface area contributed by atoms with Crippen LogP contribution >= 0.6 is 11.6 Å². The minimum absolute atomic E-state index is 0.0331. The third-order valence-corrected chi connectivity index (χ3v) is 5.51. The van der Waals surface area contributed by atoms with Crippen molar-refractivity contribution in [3.05, 3.63) is 69.2 Å². The first-order chi connectivity index (χ1) is 14.3. The molecule has 0 saturated carbocycles. The van der Waals surface area contributed by atoms with Gasteiger partial charge in [0.1, 0.15) is 29.6 Å². The van der Waals surface area contributed by atoms with E-state index in [0.717, 1.165) is 16.5 Å². The Bertz CT molecular complexity index is 1280. The molecule has 1 atom stereocenters. The van der Waals surface area contributed by atoms with Gasteiger partial charge in [0.2, 0.25) is 5.58 Å². The number of hydrogen-bond acceptors (Lipinski definition) is 5. The monoisotopic (exact) mass is 426 g/mol. The van der Waals surface area contributed by atoms with Crippen LogP contribution in [0.3, 0.4) is 0 Å². The fourth-order valence-corrected chi connectivity index (χ4v) is 3.63. The minimum atomic E-state index is -0.901. The van der Waals surface area contributed by atoms with Gasteiger partial charge in [-0.1, -0.05) is 37.6 Å². The first kappa shape index (κ1) is 20.4. The highest BCUT2D eigenvalue weighted by Gasteiger charge is 2.17. The Balaban J connectivity index is 1.54. The van der Waals surface area contributed by atoms with Crippen LogP contribution < -0.4 is 10.3 Å². The smallest absolute Gasteiger partial charge is 0.297 e. The Labute approximate surface area is 178 Å². The molecule has 0 spiro atoms. The van der Waals surface area contributed by atoms with E-state index in [2.05, 4.69) is 18.8 Å². The fourth-order valence-electron chi connectivity index (χ4n) is 3.46. The van der Waals surface area contributed by atoms with Gasteiger partial charge in [0.25, 0.3) is 5.56 Å². The van der Waals surface area contributed by atoms with Gasteiger partial charge in [-0.15, -0.1) is 0 Å². The van der Waals surface area contributed by atoms with E-state index >= 15 is 0 Å². The van der Waals surface area contributed by atoms with Crippen molar-refractivity contribution in [2.24, 2.45) is 0 Å². The van der Waals surface area contributed by atoms with Crippen molar-refractivity contribution in [1.29, 1.82) is 0 Å². The lowest BCUT2D eigenvalue weighted by Gasteiger charge is -2.18. The predicted octanol–water partition coefficient (Wildman–Crippen LogP) is 4.67. The largest absolute Gasteiger partial charge is 0.491 e. The number of halogens is 1. The maximum absolute atomic E-state index is 12.8. The molecule has 0 fully saturated rings. The zero-order valence-electron chi connectivity index (χ0n) is 17.1. The second-order valence-electron chi connectivity index (χ2n) is 7.74. The van der Waals surface area contributed by atoms with E-state index in [0.29, 0.717) is 21.9 Å². The number of aliphatic hydroxyl groups is 1. The molecule has 1 N–H and O–H groups in total. The quantitative estimate of drug-likeness (QED) is 0.485. The molecule has 156 valence electrons. The topological polar surface area (TPSA) is 77.5 Å². The molecule has 30 heavy (non-hydrogen) atoms. The molecule has 4 aromatic rings. The molecule has 0 aliphatic heterocycles.